The van der Waals surface area contributed by atoms with E-state index in [0.29, 0.717) is 0 Å². The van der Waals surface area contributed by atoms with Crippen LogP contribution in [0, 0.1) is 6.92 Å². The molecule has 0 fully saturated rings. The highest BCUT2D eigenvalue weighted by atomic mass is 33.1. The van der Waals surface area contributed by atoms with E-state index in [-0.39, 0.29) is 5.78 Å². The lowest BCUT2D eigenvalue weighted by molar-refractivity contribution is -0.610. The highest BCUT2D eigenvalue weighted by molar-refractivity contribution is 8.76. The number of Topliss-reactive ketones (excluding diaryl/α,β-unsaturated/α-hetero) is 1. The number of benzene rings is 1. The standard InChI is InChI=1S/C25H30N3O2S2/c1-8-11-31-32-14-20-15(2)21(30-7)9-10-28(20)23-26-18-12-16-17(13-19(18)27-23)25(5,6)22(29)24(16,3)4/h8-10,12-13H,1,11,14H2,2-7H3,(H,26,27)/q+1. The fraction of sp³-hybridized carbons (Fsp3) is 0.400. The van der Waals surface area contributed by atoms with Gasteiger partial charge < -0.3 is 4.74 Å². The van der Waals surface area contributed by atoms with E-state index in [1.165, 1.54) is 0 Å². The molecule has 5 nitrogen and oxygen atoms in total. The van der Waals surface area contributed by atoms with Crippen LogP contribution >= 0.6 is 21.6 Å². The Kier molecular flexibility index (Phi) is 5.92. The second-order valence-corrected chi connectivity index (χ2v) is 11.7. The van der Waals surface area contributed by atoms with Crippen LogP contribution in [0.5, 0.6) is 5.75 Å². The molecular weight excluding hydrogens is 438 g/mol. The number of nitrogens with one attached hydrogen (secondary N) is 1. The smallest absolute Gasteiger partial charge is 0.402 e. The molecule has 1 N–H and O–H groups in total. The third kappa shape index (κ3) is 3.55. The normalized spacial score (nSPS) is 16.4. The third-order valence-corrected chi connectivity index (χ3v) is 8.66. The van der Waals surface area contributed by atoms with Gasteiger partial charge in [-0.1, -0.05) is 32.6 Å². The van der Waals surface area contributed by atoms with Gasteiger partial charge in [0.1, 0.15) is 17.0 Å². The lowest BCUT2D eigenvalue weighted by atomic mass is 9.80. The van der Waals surface area contributed by atoms with Gasteiger partial charge in [0.25, 0.3) is 0 Å². The zero-order valence-electron chi connectivity index (χ0n) is 19.5. The molecule has 1 aliphatic carbocycles. The van der Waals surface area contributed by atoms with E-state index < -0.39 is 10.8 Å². The Hall–Kier alpha value is -2.25. The number of ether oxygens (including phenoxy) is 1. The summed E-state index contributed by atoms with van der Waals surface area (Å²) in [5.74, 6) is 3.59. The van der Waals surface area contributed by atoms with Crippen LogP contribution < -0.4 is 9.30 Å². The number of carbonyl (C=O) groups is 1. The summed E-state index contributed by atoms with van der Waals surface area (Å²) in [5.41, 5.74) is 5.18. The van der Waals surface area contributed by atoms with Gasteiger partial charge in [-0.25, -0.2) is 9.55 Å². The predicted octanol–water partition coefficient (Wildman–Crippen LogP) is 5.36. The number of hydrogen-bond acceptors (Lipinski definition) is 5. The van der Waals surface area contributed by atoms with Gasteiger partial charge in [0.05, 0.1) is 19.1 Å². The summed E-state index contributed by atoms with van der Waals surface area (Å²) in [4.78, 5) is 21.4. The number of imidazole rings is 1. The van der Waals surface area contributed by atoms with Gasteiger partial charge in [-0.05, 0) is 57.9 Å². The number of hydrogen-bond donors (Lipinski definition) is 1. The van der Waals surface area contributed by atoms with E-state index in [0.717, 1.165) is 56.6 Å². The summed E-state index contributed by atoms with van der Waals surface area (Å²) in [6, 6.07) is 6.17. The maximum absolute atomic E-state index is 13.0. The van der Waals surface area contributed by atoms with Crippen molar-refractivity contribution in [1.82, 2.24) is 9.97 Å². The van der Waals surface area contributed by atoms with E-state index in [1.54, 1.807) is 28.7 Å². The molecule has 32 heavy (non-hydrogen) atoms. The van der Waals surface area contributed by atoms with Crippen LogP contribution in [-0.4, -0.2) is 28.6 Å². The lowest BCUT2D eigenvalue weighted by Gasteiger charge is -2.21. The molecule has 0 atom stereocenters. The summed E-state index contributed by atoms with van der Waals surface area (Å²) < 4.78 is 7.67. The first kappa shape index (κ1) is 22.9. The molecule has 1 aliphatic rings. The topological polar surface area (TPSA) is 58.9 Å². The number of carbonyl (C=O) groups excluding carboxylic acids is 1. The summed E-state index contributed by atoms with van der Waals surface area (Å²) in [5, 5.41) is 0. The Morgan fingerprint density at radius 3 is 2.53 bits per heavy atom. The van der Waals surface area contributed by atoms with Crippen LogP contribution in [0.3, 0.4) is 0 Å². The summed E-state index contributed by atoms with van der Waals surface area (Å²) in [6.07, 6.45) is 3.92. The number of rotatable bonds is 7. The number of fused-ring (bicyclic) bond motifs is 2. The van der Waals surface area contributed by atoms with Crippen LogP contribution in [0.25, 0.3) is 17.0 Å². The number of aromatic amines is 1. The van der Waals surface area contributed by atoms with Crippen LogP contribution in [0.2, 0.25) is 0 Å². The molecule has 0 aliphatic heterocycles. The summed E-state index contributed by atoms with van der Waals surface area (Å²) >= 11 is 0. The first-order valence-electron chi connectivity index (χ1n) is 10.7. The van der Waals surface area contributed by atoms with Gasteiger partial charge in [-0.3, -0.25) is 4.79 Å². The fourth-order valence-corrected chi connectivity index (χ4v) is 6.59. The number of aromatic nitrogens is 3. The maximum Gasteiger partial charge on any atom is 0.402 e. The number of H-pyrrole nitrogens is 1. The molecule has 3 aromatic rings. The van der Waals surface area contributed by atoms with E-state index in [1.807, 2.05) is 46.0 Å². The lowest BCUT2D eigenvalue weighted by Crippen LogP contribution is -2.37. The molecule has 0 amide bonds. The van der Waals surface area contributed by atoms with E-state index >= 15 is 0 Å². The summed E-state index contributed by atoms with van der Waals surface area (Å²) in [7, 11) is 5.26. The molecule has 2 aromatic heterocycles. The quantitative estimate of drug-likeness (QED) is 0.219. The van der Waals surface area contributed by atoms with Crippen LogP contribution in [0.1, 0.15) is 50.1 Å². The molecule has 0 spiro atoms. The number of methoxy groups -OCH3 is 1. The molecule has 4 rings (SSSR count). The highest BCUT2D eigenvalue weighted by Gasteiger charge is 2.50. The Bertz CT molecular complexity index is 1170. The van der Waals surface area contributed by atoms with Gasteiger partial charge in [-0.15, -0.1) is 6.58 Å². The predicted molar refractivity (Wildman–Crippen MR) is 134 cm³/mol. The van der Waals surface area contributed by atoms with Gasteiger partial charge in [0.2, 0.25) is 0 Å². The third-order valence-electron chi connectivity index (χ3n) is 6.47. The molecule has 0 unspecified atom stereocenters. The molecule has 2 heterocycles. The van der Waals surface area contributed by atoms with Crippen molar-refractivity contribution < 1.29 is 14.1 Å². The van der Waals surface area contributed by atoms with Crippen molar-refractivity contribution in [1.29, 1.82) is 0 Å². The van der Waals surface area contributed by atoms with Gasteiger partial charge in [0, 0.05) is 28.2 Å². The van der Waals surface area contributed by atoms with E-state index in [9.17, 15) is 4.79 Å². The molecule has 1 aromatic carbocycles. The Morgan fingerprint density at radius 2 is 1.88 bits per heavy atom. The van der Waals surface area contributed by atoms with Crippen molar-refractivity contribution in [3.05, 3.63) is 59.4 Å². The molecule has 7 heteroatoms. The van der Waals surface area contributed by atoms with Crippen molar-refractivity contribution in [2.75, 3.05) is 12.9 Å². The SMILES string of the molecule is C=CCSSCc1c(C)c(OC)cc[n+]1-c1nc2cc3c(cc2[nH]1)C(C)(C)C(=O)C3(C)C. The number of ketones is 1. The highest BCUT2D eigenvalue weighted by Crippen LogP contribution is 2.47. The Labute approximate surface area is 197 Å². The maximum atomic E-state index is 13.0. The summed E-state index contributed by atoms with van der Waals surface area (Å²) in [6.45, 7) is 13.9. The van der Waals surface area contributed by atoms with Gasteiger partial charge in [-0.2, -0.15) is 0 Å². The Morgan fingerprint density at radius 1 is 1.19 bits per heavy atom. The number of nitrogens with zero attached hydrogens (tertiary/aromatic N) is 2. The van der Waals surface area contributed by atoms with Gasteiger partial charge >= 0.3 is 5.95 Å². The second kappa shape index (κ2) is 8.27. The number of pyridine rings is 1. The minimum atomic E-state index is -0.514. The Balaban J connectivity index is 1.82. The average molecular weight is 469 g/mol. The molecular formula is C25H30N3O2S2+. The molecule has 0 saturated heterocycles. The van der Waals surface area contributed by atoms with Crippen molar-refractivity contribution >= 4 is 38.4 Å². The van der Waals surface area contributed by atoms with Crippen molar-refractivity contribution in [3.8, 4) is 11.7 Å². The van der Waals surface area contributed by atoms with Crippen molar-refractivity contribution in [3.63, 3.8) is 0 Å². The molecule has 0 radical (unpaired) electrons. The monoisotopic (exact) mass is 468 g/mol. The molecule has 0 bridgehead atoms. The fourth-order valence-electron chi connectivity index (χ4n) is 4.69. The van der Waals surface area contributed by atoms with Crippen LogP contribution in [-0.2, 0) is 21.4 Å². The molecule has 168 valence electrons. The van der Waals surface area contributed by atoms with E-state index in [2.05, 4.69) is 35.2 Å². The van der Waals surface area contributed by atoms with Gasteiger partial charge in [0.15, 0.2) is 11.3 Å². The minimum absolute atomic E-state index is 0.254. The zero-order valence-corrected chi connectivity index (χ0v) is 21.2. The second-order valence-electron chi connectivity index (χ2n) is 9.22. The van der Waals surface area contributed by atoms with E-state index in [4.69, 9.17) is 9.72 Å². The minimum Gasteiger partial charge on any atom is -0.496 e. The zero-order chi connectivity index (χ0) is 23.3. The largest absolute Gasteiger partial charge is 0.496 e. The van der Waals surface area contributed by atoms with Crippen LogP contribution in [0.15, 0.2) is 37.1 Å². The average Bonchev–Trinajstić information content (AvgIpc) is 3.23. The van der Waals surface area contributed by atoms with Crippen LogP contribution in [0.4, 0.5) is 0 Å². The first-order valence-corrected chi connectivity index (χ1v) is 13.1. The van der Waals surface area contributed by atoms with Crippen molar-refractivity contribution in [2.24, 2.45) is 0 Å². The van der Waals surface area contributed by atoms with Crippen molar-refractivity contribution in [2.45, 2.75) is 51.2 Å². The first-order chi connectivity index (χ1) is 15.1. The molecule has 0 saturated carbocycles.